The van der Waals surface area contributed by atoms with Crippen LogP contribution in [0, 0.1) is 0 Å². The van der Waals surface area contributed by atoms with E-state index in [0.717, 1.165) is 130 Å². The van der Waals surface area contributed by atoms with Crippen molar-refractivity contribution in [2.45, 2.75) is 140 Å². The SMILES string of the molecule is CC(C)(O)c1ccc(/C=C/C(=O)N2CCC(c3cccc(CN)c3)CC2)cc1O.CCc1cccc(C2CCN(C(=O)/C=C/c3ccc(C(C)(C)O)c(O)c3)CC2)c1.Cl.NCc1cccc(C2CCN(C(=O)/C=C/c3ccc(C4CC4)c(O)c3)CC2)c1. The number of rotatable bonds is 15. The minimum Gasteiger partial charge on any atom is -0.508 e. The zero-order valence-electron chi connectivity index (χ0n) is 51.3. The van der Waals surface area contributed by atoms with Gasteiger partial charge in [0.1, 0.15) is 17.2 Å². The predicted octanol–water partition coefficient (Wildman–Crippen LogP) is 12.7. The van der Waals surface area contributed by atoms with E-state index in [9.17, 15) is 39.9 Å². The van der Waals surface area contributed by atoms with E-state index in [0.29, 0.717) is 53.6 Å². The minimum atomic E-state index is -1.11. The molecule has 3 saturated heterocycles. The molecule has 6 aromatic rings. The normalized spacial score (nSPS) is 16.3. The minimum absolute atomic E-state index is 0. The van der Waals surface area contributed by atoms with Gasteiger partial charge < -0.3 is 51.7 Å². The first-order valence-electron chi connectivity index (χ1n) is 30.7. The highest BCUT2D eigenvalue weighted by Crippen LogP contribution is 2.44. The molecular formula is C73H90ClN5O8. The number of piperidine rings is 3. The highest BCUT2D eigenvalue weighted by atomic mass is 35.5. The van der Waals surface area contributed by atoms with Crippen molar-refractivity contribution < 1.29 is 39.9 Å². The lowest BCUT2D eigenvalue weighted by Crippen LogP contribution is -2.36. The molecule has 3 heterocycles. The van der Waals surface area contributed by atoms with Crippen LogP contribution < -0.4 is 11.5 Å². The summed E-state index contributed by atoms with van der Waals surface area (Å²) >= 11 is 0. The third-order valence-corrected chi connectivity index (χ3v) is 17.3. The van der Waals surface area contributed by atoms with Gasteiger partial charge in [0.2, 0.25) is 17.7 Å². The number of phenolic OH excluding ortho intramolecular Hbond substituents is 3. The molecular weight excluding hydrogens is 1110 g/mol. The smallest absolute Gasteiger partial charge is 0.246 e. The van der Waals surface area contributed by atoms with Crippen molar-refractivity contribution in [3.8, 4) is 17.2 Å². The van der Waals surface area contributed by atoms with Gasteiger partial charge in [-0.2, -0.15) is 0 Å². The maximum Gasteiger partial charge on any atom is 0.246 e. The Kier molecular flexibility index (Phi) is 23.8. The standard InChI is InChI=1S/C25H31NO3.C24H30N2O3.C24H28N2O2.ClH/c1-4-18-6-5-7-21(16-18)20-12-14-26(15-13-20)24(28)11-9-19-8-10-22(23(27)17-19)25(2,3)29;1-24(2,29)21-8-6-17(15-22(21)27)7-9-23(28)26-12-10-19(11-13-26)20-5-3-4-18(14-20)16-25;25-16-18-2-1-3-21(14-18)19-10-12-26(13-11-19)24(28)9-5-17-4-8-22(20-6-7-20)23(27)15-17;/h5-11,16-17,20,27,29H,4,12-15H2,1-3H3;3-9,14-15,19,27,29H,10-13,16,25H2,1-2H3;1-5,8-9,14-15,19-20,27H,6-7,10-13,16,25H2;1H/b11-9+;9-7+;9-5+;. The van der Waals surface area contributed by atoms with Crippen molar-refractivity contribution in [1.29, 1.82) is 0 Å². The molecule has 14 heteroatoms. The Morgan fingerprint density at radius 3 is 1.07 bits per heavy atom. The summed E-state index contributed by atoms with van der Waals surface area (Å²) in [4.78, 5) is 43.3. The first-order chi connectivity index (χ1) is 41.2. The number of aryl methyl sites for hydroxylation is 1. The Hall–Kier alpha value is -7.52. The van der Waals surface area contributed by atoms with Gasteiger partial charge in [0.25, 0.3) is 0 Å². The zero-order chi connectivity index (χ0) is 61.5. The van der Waals surface area contributed by atoms with E-state index < -0.39 is 11.2 Å². The molecule has 0 bridgehead atoms. The summed E-state index contributed by atoms with van der Waals surface area (Å²) in [6.07, 6.45) is 19.1. The predicted molar refractivity (Wildman–Crippen MR) is 351 cm³/mol. The molecule has 0 atom stereocenters. The number of aromatic hydroxyl groups is 3. The van der Waals surface area contributed by atoms with Gasteiger partial charge in [-0.1, -0.05) is 116 Å². The van der Waals surface area contributed by atoms with E-state index >= 15 is 0 Å². The molecule has 13 nitrogen and oxygen atoms in total. The summed E-state index contributed by atoms with van der Waals surface area (Å²) < 4.78 is 0. The van der Waals surface area contributed by atoms with Crippen LogP contribution in [-0.2, 0) is 45.1 Å². The first kappa shape index (κ1) is 67.0. The van der Waals surface area contributed by atoms with Gasteiger partial charge in [-0.25, -0.2) is 0 Å². The molecule has 0 radical (unpaired) electrons. The highest BCUT2D eigenvalue weighted by molar-refractivity contribution is 5.93. The number of likely N-dealkylation sites (tertiary alicyclic amines) is 3. The average molecular weight is 1200 g/mol. The number of hydrogen-bond donors (Lipinski definition) is 7. The Morgan fingerprint density at radius 1 is 0.448 bits per heavy atom. The van der Waals surface area contributed by atoms with Crippen LogP contribution in [0.25, 0.3) is 18.2 Å². The fourth-order valence-electron chi connectivity index (χ4n) is 11.9. The van der Waals surface area contributed by atoms with Gasteiger partial charge in [0.15, 0.2) is 0 Å². The third kappa shape index (κ3) is 19.0. The van der Waals surface area contributed by atoms with E-state index in [1.807, 2.05) is 32.9 Å². The molecule has 3 aliphatic heterocycles. The summed E-state index contributed by atoms with van der Waals surface area (Å²) in [6.45, 7) is 14.3. The number of aliphatic hydroxyl groups is 2. The molecule has 6 aromatic carbocycles. The Morgan fingerprint density at radius 2 is 0.770 bits per heavy atom. The van der Waals surface area contributed by atoms with Gasteiger partial charge >= 0.3 is 0 Å². The Balaban J connectivity index is 0.000000185. The van der Waals surface area contributed by atoms with Crippen LogP contribution in [-0.4, -0.2) is 97.2 Å². The molecule has 0 unspecified atom stereocenters. The molecule has 4 fully saturated rings. The second-order valence-electron chi connectivity index (χ2n) is 24.6. The molecule has 87 heavy (non-hydrogen) atoms. The van der Waals surface area contributed by atoms with Gasteiger partial charge in [0.05, 0.1) is 11.2 Å². The molecule has 9 N–H and O–H groups in total. The molecule has 4 aliphatic rings. The number of nitrogens with two attached hydrogens (primary N) is 2. The van der Waals surface area contributed by atoms with Crippen molar-refractivity contribution in [2.24, 2.45) is 11.5 Å². The lowest BCUT2D eigenvalue weighted by atomic mass is 9.88. The van der Waals surface area contributed by atoms with Crippen molar-refractivity contribution >= 4 is 48.4 Å². The summed E-state index contributed by atoms with van der Waals surface area (Å²) in [5.74, 6) is 2.40. The quantitative estimate of drug-likeness (QED) is 0.0483. The van der Waals surface area contributed by atoms with Crippen LogP contribution in [0.4, 0.5) is 0 Å². The summed E-state index contributed by atoms with van der Waals surface area (Å²) in [5, 5.41) is 50.5. The summed E-state index contributed by atoms with van der Waals surface area (Å²) in [6, 6.07) is 41.5. The fourth-order valence-corrected chi connectivity index (χ4v) is 11.9. The molecule has 3 amide bonds. The monoisotopic (exact) mass is 1200 g/mol. The Labute approximate surface area is 521 Å². The van der Waals surface area contributed by atoms with Crippen molar-refractivity contribution in [2.75, 3.05) is 39.3 Å². The maximum absolute atomic E-state index is 12.6. The number of benzene rings is 6. The van der Waals surface area contributed by atoms with Crippen LogP contribution in [0.5, 0.6) is 17.2 Å². The lowest BCUT2D eigenvalue weighted by molar-refractivity contribution is -0.127. The Bertz CT molecular complexity index is 3220. The molecule has 1 aliphatic carbocycles. The fraction of sp³-hybridized carbons (Fsp3) is 0.384. The van der Waals surface area contributed by atoms with E-state index in [2.05, 4.69) is 73.7 Å². The van der Waals surface area contributed by atoms with Crippen molar-refractivity contribution in [3.63, 3.8) is 0 Å². The van der Waals surface area contributed by atoms with Crippen LogP contribution in [0.3, 0.4) is 0 Å². The maximum atomic E-state index is 12.6. The largest absolute Gasteiger partial charge is 0.508 e. The van der Waals surface area contributed by atoms with Crippen molar-refractivity contribution in [3.05, 3.63) is 212 Å². The highest BCUT2D eigenvalue weighted by Gasteiger charge is 2.28. The van der Waals surface area contributed by atoms with E-state index in [1.165, 1.54) is 22.3 Å². The molecule has 10 rings (SSSR count). The molecule has 0 aromatic heterocycles. The number of halogens is 1. The van der Waals surface area contributed by atoms with Crippen LogP contribution in [0.2, 0.25) is 0 Å². The third-order valence-electron chi connectivity index (χ3n) is 17.3. The second kappa shape index (κ2) is 30.9. The molecule has 1 saturated carbocycles. The van der Waals surface area contributed by atoms with Gasteiger partial charge in [-0.15, -0.1) is 12.4 Å². The number of phenols is 3. The van der Waals surface area contributed by atoms with E-state index in [-0.39, 0.29) is 41.6 Å². The lowest BCUT2D eigenvalue weighted by Gasteiger charge is -2.31. The van der Waals surface area contributed by atoms with Gasteiger partial charge in [-0.05, 0) is 201 Å². The van der Waals surface area contributed by atoms with E-state index in [1.54, 1.807) is 107 Å². The second-order valence-corrected chi connectivity index (χ2v) is 24.6. The summed E-state index contributed by atoms with van der Waals surface area (Å²) in [7, 11) is 0. The van der Waals surface area contributed by atoms with E-state index in [4.69, 9.17) is 11.5 Å². The van der Waals surface area contributed by atoms with Crippen LogP contribution in [0.1, 0.15) is 176 Å². The topological polar surface area (TPSA) is 214 Å². The van der Waals surface area contributed by atoms with Gasteiger partial charge in [-0.3, -0.25) is 14.4 Å². The number of nitrogens with zero attached hydrogens (tertiary/aromatic N) is 3. The number of carbonyl (C=O) groups is 3. The molecule has 462 valence electrons. The number of hydrogen-bond acceptors (Lipinski definition) is 10. The zero-order valence-corrected chi connectivity index (χ0v) is 52.1. The van der Waals surface area contributed by atoms with Gasteiger partial charge in [0, 0.05) is 81.7 Å². The first-order valence-corrected chi connectivity index (χ1v) is 30.7. The number of amides is 3. The summed E-state index contributed by atoms with van der Waals surface area (Å²) in [5.41, 5.74) is 21.2. The molecule has 0 spiro atoms. The average Bonchev–Trinajstić information content (AvgIpc) is 4.10. The van der Waals surface area contributed by atoms with Crippen molar-refractivity contribution in [1.82, 2.24) is 14.7 Å². The van der Waals surface area contributed by atoms with Crippen LogP contribution in [0.15, 0.2) is 146 Å². The number of carbonyl (C=O) groups excluding carboxylic acids is 3. The van der Waals surface area contributed by atoms with Crippen LogP contribution >= 0.6 is 12.4 Å².